The van der Waals surface area contributed by atoms with E-state index in [1.807, 2.05) is 13.8 Å². The van der Waals surface area contributed by atoms with Crippen LogP contribution in [0, 0.1) is 5.82 Å². The summed E-state index contributed by atoms with van der Waals surface area (Å²) in [4.78, 5) is 16.5. The molecule has 0 unspecified atom stereocenters. The van der Waals surface area contributed by atoms with Crippen LogP contribution in [0.3, 0.4) is 0 Å². The van der Waals surface area contributed by atoms with Crippen LogP contribution in [0.2, 0.25) is 0 Å². The lowest BCUT2D eigenvalue weighted by Gasteiger charge is -2.21. The van der Waals surface area contributed by atoms with E-state index in [4.69, 9.17) is 21.9 Å². The van der Waals surface area contributed by atoms with Crippen molar-refractivity contribution in [2.75, 3.05) is 12.4 Å². The van der Waals surface area contributed by atoms with Crippen LogP contribution in [0.1, 0.15) is 31.9 Å². The molecule has 2 aromatic heterocycles. The van der Waals surface area contributed by atoms with Crippen molar-refractivity contribution >= 4 is 23.2 Å². The van der Waals surface area contributed by atoms with Gasteiger partial charge < -0.3 is 27.3 Å². The lowest BCUT2D eigenvalue weighted by molar-refractivity contribution is 0.369. The molecule has 29 heavy (non-hydrogen) atoms. The molecule has 0 fully saturated rings. The third-order valence-corrected chi connectivity index (χ3v) is 3.76. The van der Waals surface area contributed by atoms with Crippen molar-refractivity contribution < 1.29 is 9.13 Å². The van der Waals surface area contributed by atoms with Gasteiger partial charge in [-0.2, -0.15) is 0 Å². The summed E-state index contributed by atoms with van der Waals surface area (Å²) in [7, 11) is 1.34. The maximum Gasteiger partial charge on any atom is 0.250 e. The molecule has 2 rings (SSSR count). The third kappa shape index (κ3) is 5.72. The molecule has 0 aliphatic carbocycles. The molecular formula is C19H25FN8O. The smallest absolute Gasteiger partial charge is 0.250 e. The first-order valence-electron chi connectivity index (χ1n) is 8.61. The fourth-order valence-corrected chi connectivity index (χ4v) is 2.36. The summed E-state index contributed by atoms with van der Waals surface area (Å²) in [6.07, 6.45) is 3.02. The van der Waals surface area contributed by atoms with Gasteiger partial charge in [-0.15, -0.1) is 0 Å². The Balaban J connectivity index is 2.53. The molecule has 0 spiro atoms. The van der Waals surface area contributed by atoms with Gasteiger partial charge in [0.2, 0.25) is 5.88 Å². The maximum atomic E-state index is 14.0. The first-order chi connectivity index (χ1) is 13.5. The van der Waals surface area contributed by atoms with Gasteiger partial charge in [-0.25, -0.2) is 24.3 Å². The van der Waals surface area contributed by atoms with Gasteiger partial charge in [0, 0.05) is 17.8 Å². The maximum absolute atomic E-state index is 14.0. The number of methoxy groups -OCH3 is 1. The number of pyridine rings is 2. The van der Waals surface area contributed by atoms with Gasteiger partial charge in [0.05, 0.1) is 24.6 Å². The number of aromatic nitrogens is 2. The first-order valence-corrected chi connectivity index (χ1v) is 8.61. The second-order valence-corrected chi connectivity index (χ2v) is 6.83. The highest BCUT2D eigenvalue weighted by Crippen LogP contribution is 2.25. The quantitative estimate of drug-likeness (QED) is 0.428. The Kier molecular flexibility index (Phi) is 6.49. The van der Waals surface area contributed by atoms with Gasteiger partial charge in [0.25, 0.3) is 0 Å². The SMILES string of the molecule is C=C(N)/N=C(C)\N=C(/N)c1cc(C(C)(C)N)cnc1Nc1cnc(OC)c(F)c1. The van der Waals surface area contributed by atoms with E-state index in [2.05, 4.69) is 31.8 Å². The molecule has 154 valence electrons. The van der Waals surface area contributed by atoms with Gasteiger partial charge in [-0.3, -0.25) is 0 Å². The molecule has 0 amide bonds. The summed E-state index contributed by atoms with van der Waals surface area (Å²) in [6, 6.07) is 2.99. The van der Waals surface area contributed by atoms with E-state index >= 15 is 0 Å². The van der Waals surface area contributed by atoms with Crippen molar-refractivity contribution in [3.8, 4) is 5.88 Å². The largest absolute Gasteiger partial charge is 0.479 e. The fraction of sp³-hybridized carbons (Fsp3) is 0.263. The molecule has 0 bridgehead atoms. The monoisotopic (exact) mass is 400 g/mol. The standard InChI is InChI=1S/C19H25FN8O/c1-10(21)26-11(2)27-16(22)14-6-12(19(3,4)23)8-24-17(14)28-13-7-15(20)18(29-5)25-9-13/h6-9H,1,21,23H2,2-5H3,(H,24,28)(H2,22,26,27). The lowest BCUT2D eigenvalue weighted by Crippen LogP contribution is -2.30. The Labute approximate surface area is 168 Å². The van der Waals surface area contributed by atoms with E-state index in [-0.39, 0.29) is 17.5 Å². The highest BCUT2D eigenvalue weighted by Gasteiger charge is 2.19. The summed E-state index contributed by atoms with van der Waals surface area (Å²) in [5.74, 6) is 0.145. The molecule has 2 aromatic rings. The van der Waals surface area contributed by atoms with E-state index in [0.29, 0.717) is 22.9 Å². The predicted molar refractivity (Wildman–Crippen MR) is 113 cm³/mol. The van der Waals surface area contributed by atoms with Crippen molar-refractivity contribution in [1.29, 1.82) is 0 Å². The highest BCUT2D eigenvalue weighted by molar-refractivity contribution is 6.08. The van der Waals surface area contributed by atoms with Crippen LogP contribution in [0.5, 0.6) is 5.88 Å². The number of anilines is 2. The number of nitrogens with one attached hydrogen (secondary N) is 1. The van der Waals surface area contributed by atoms with Crippen LogP contribution < -0.4 is 27.3 Å². The Morgan fingerprint density at radius 1 is 1.21 bits per heavy atom. The van der Waals surface area contributed by atoms with E-state index in [9.17, 15) is 4.39 Å². The molecule has 0 aliphatic heterocycles. The Morgan fingerprint density at radius 2 is 1.90 bits per heavy atom. The Bertz CT molecular complexity index is 979. The Hall–Kier alpha value is -3.53. The minimum Gasteiger partial charge on any atom is -0.479 e. The average molecular weight is 400 g/mol. The number of ether oxygens (including phenoxy) is 1. The topological polar surface area (TPSA) is 150 Å². The second kappa shape index (κ2) is 8.65. The number of hydrogen-bond acceptors (Lipinski definition) is 7. The molecule has 0 aromatic carbocycles. The molecule has 2 heterocycles. The number of nitrogens with two attached hydrogens (primary N) is 3. The van der Waals surface area contributed by atoms with Crippen LogP contribution >= 0.6 is 0 Å². The number of nitrogens with zero attached hydrogens (tertiary/aromatic N) is 4. The molecule has 0 atom stereocenters. The molecule has 7 N–H and O–H groups in total. The number of hydrogen-bond donors (Lipinski definition) is 4. The number of rotatable bonds is 6. The zero-order chi connectivity index (χ0) is 21.8. The van der Waals surface area contributed by atoms with Gasteiger partial charge in [-0.05, 0) is 32.4 Å². The van der Waals surface area contributed by atoms with Gasteiger partial charge in [0.15, 0.2) is 5.82 Å². The van der Waals surface area contributed by atoms with Crippen LogP contribution in [0.15, 0.2) is 46.9 Å². The van der Waals surface area contributed by atoms with Crippen molar-refractivity contribution in [3.63, 3.8) is 0 Å². The summed E-state index contributed by atoms with van der Waals surface area (Å²) in [5, 5.41) is 2.99. The van der Waals surface area contributed by atoms with Gasteiger partial charge in [0.1, 0.15) is 23.3 Å². The van der Waals surface area contributed by atoms with E-state index in [1.54, 1.807) is 19.2 Å². The van der Waals surface area contributed by atoms with Crippen molar-refractivity contribution in [3.05, 3.63) is 53.9 Å². The van der Waals surface area contributed by atoms with Crippen LogP contribution in [0.25, 0.3) is 0 Å². The van der Waals surface area contributed by atoms with Gasteiger partial charge in [-0.1, -0.05) is 6.58 Å². The summed E-state index contributed by atoms with van der Waals surface area (Å²) in [6.45, 7) is 8.80. The molecule has 9 nitrogen and oxygen atoms in total. The van der Waals surface area contributed by atoms with Crippen LogP contribution in [0.4, 0.5) is 15.9 Å². The fourth-order valence-electron chi connectivity index (χ4n) is 2.36. The highest BCUT2D eigenvalue weighted by atomic mass is 19.1. The molecule has 10 heteroatoms. The summed E-state index contributed by atoms with van der Waals surface area (Å²) in [5.41, 5.74) is 18.7. The molecular weight excluding hydrogens is 375 g/mol. The zero-order valence-electron chi connectivity index (χ0n) is 16.8. The molecule has 0 radical (unpaired) electrons. The normalized spacial score (nSPS) is 12.6. The molecule has 0 aliphatic rings. The Morgan fingerprint density at radius 3 is 2.45 bits per heavy atom. The predicted octanol–water partition coefficient (Wildman–Crippen LogP) is 2.12. The zero-order valence-corrected chi connectivity index (χ0v) is 16.8. The van der Waals surface area contributed by atoms with E-state index in [1.165, 1.54) is 19.4 Å². The lowest BCUT2D eigenvalue weighted by atomic mass is 9.96. The minimum absolute atomic E-state index is 0.104. The number of halogens is 1. The van der Waals surface area contributed by atoms with Crippen molar-refractivity contribution in [2.45, 2.75) is 26.3 Å². The van der Waals surface area contributed by atoms with Crippen LogP contribution in [-0.4, -0.2) is 28.7 Å². The van der Waals surface area contributed by atoms with E-state index in [0.717, 1.165) is 5.56 Å². The third-order valence-electron chi connectivity index (χ3n) is 3.76. The first kappa shape index (κ1) is 21.8. The summed E-state index contributed by atoms with van der Waals surface area (Å²) >= 11 is 0. The second-order valence-electron chi connectivity index (χ2n) is 6.83. The van der Waals surface area contributed by atoms with Crippen molar-refractivity contribution in [2.24, 2.45) is 27.2 Å². The van der Waals surface area contributed by atoms with Crippen molar-refractivity contribution in [1.82, 2.24) is 9.97 Å². The summed E-state index contributed by atoms with van der Waals surface area (Å²) < 4.78 is 18.8. The molecule has 0 saturated heterocycles. The van der Waals surface area contributed by atoms with Gasteiger partial charge >= 0.3 is 0 Å². The molecule has 0 saturated carbocycles. The number of amidine groups is 2. The minimum atomic E-state index is -0.664. The average Bonchev–Trinajstić information content (AvgIpc) is 2.60. The van der Waals surface area contributed by atoms with Crippen LogP contribution in [-0.2, 0) is 5.54 Å². The van der Waals surface area contributed by atoms with E-state index < -0.39 is 11.4 Å². The number of aliphatic imine (C=N–C) groups is 2.